The van der Waals surface area contributed by atoms with Crippen LogP contribution in [0.25, 0.3) is 0 Å². The first-order valence-corrected chi connectivity index (χ1v) is 6.57. The lowest BCUT2D eigenvalue weighted by atomic mass is 9.88. The molecular weight excluding hydrogens is 208 g/mol. The summed E-state index contributed by atoms with van der Waals surface area (Å²) in [6, 6.07) is 8.40. The maximum Gasteiger partial charge on any atom is 0.103 e. The van der Waals surface area contributed by atoms with Crippen molar-refractivity contribution in [3.8, 4) is 0 Å². The van der Waals surface area contributed by atoms with Crippen molar-refractivity contribution in [2.45, 2.75) is 39.0 Å². The molecule has 0 aromatic heterocycles. The van der Waals surface area contributed by atoms with Gasteiger partial charge in [0.05, 0.1) is 0 Å². The van der Waals surface area contributed by atoms with Crippen molar-refractivity contribution in [3.05, 3.63) is 29.8 Å². The Morgan fingerprint density at radius 3 is 2.59 bits per heavy atom. The van der Waals surface area contributed by atoms with Gasteiger partial charge in [0, 0.05) is 18.7 Å². The van der Waals surface area contributed by atoms with Crippen LogP contribution in [0, 0.1) is 18.3 Å². The van der Waals surface area contributed by atoms with Gasteiger partial charge in [0.15, 0.2) is 0 Å². The summed E-state index contributed by atoms with van der Waals surface area (Å²) in [5.74, 6) is 1.25. The number of aryl methyl sites for hydroxylation is 1. The zero-order valence-corrected chi connectivity index (χ0v) is 10.9. The lowest BCUT2D eigenvalue weighted by Gasteiger charge is -2.29. The molecule has 1 aliphatic rings. The van der Waals surface area contributed by atoms with Crippen molar-refractivity contribution in [1.29, 1.82) is 5.41 Å². The Morgan fingerprint density at radius 1 is 1.24 bits per heavy atom. The van der Waals surface area contributed by atoms with Crippen LogP contribution < -0.4 is 4.90 Å². The fourth-order valence-electron chi connectivity index (χ4n) is 2.63. The highest BCUT2D eigenvalue weighted by molar-refractivity contribution is 5.96. The van der Waals surface area contributed by atoms with Crippen molar-refractivity contribution in [3.63, 3.8) is 0 Å². The molecule has 0 heterocycles. The number of amidine groups is 1. The molecule has 0 atom stereocenters. The number of benzene rings is 1. The molecule has 0 spiro atoms. The van der Waals surface area contributed by atoms with Gasteiger partial charge in [0.2, 0.25) is 0 Å². The van der Waals surface area contributed by atoms with Crippen molar-refractivity contribution < 1.29 is 0 Å². The lowest BCUT2D eigenvalue weighted by molar-refractivity contribution is 0.435. The van der Waals surface area contributed by atoms with E-state index in [0.717, 1.165) is 11.5 Å². The summed E-state index contributed by atoms with van der Waals surface area (Å²) in [5, 5.41) is 8.32. The van der Waals surface area contributed by atoms with Gasteiger partial charge in [0.25, 0.3) is 0 Å². The van der Waals surface area contributed by atoms with Crippen LogP contribution in [0.5, 0.6) is 0 Å². The summed E-state index contributed by atoms with van der Waals surface area (Å²) in [4.78, 5) is 2.04. The molecule has 1 N–H and O–H groups in total. The summed E-state index contributed by atoms with van der Waals surface area (Å²) < 4.78 is 0. The molecule has 0 bridgehead atoms. The lowest BCUT2D eigenvalue weighted by Crippen LogP contribution is -2.33. The van der Waals surface area contributed by atoms with Crippen LogP contribution >= 0.6 is 0 Å². The van der Waals surface area contributed by atoms with Gasteiger partial charge in [-0.1, -0.05) is 31.4 Å². The molecule has 0 aliphatic heterocycles. The highest BCUT2D eigenvalue weighted by Gasteiger charge is 2.21. The Labute approximate surface area is 104 Å². The molecule has 0 radical (unpaired) electrons. The van der Waals surface area contributed by atoms with Gasteiger partial charge in [-0.15, -0.1) is 0 Å². The minimum atomic E-state index is 0.467. The SMILES string of the molecule is Cc1cccc(N(C)C(=N)C2CCCCC2)c1. The third kappa shape index (κ3) is 2.87. The minimum absolute atomic E-state index is 0.467. The van der Waals surface area contributed by atoms with Crippen LogP contribution in [-0.2, 0) is 0 Å². The van der Waals surface area contributed by atoms with Crippen LogP contribution in [0.15, 0.2) is 24.3 Å². The molecular formula is C15H22N2. The van der Waals surface area contributed by atoms with E-state index in [1.54, 1.807) is 0 Å². The Kier molecular flexibility index (Phi) is 3.82. The zero-order chi connectivity index (χ0) is 12.3. The second-order valence-electron chi connectivity index (χ2n) is 5.12. The zero-order valence-electron chi connectivity index (χ0n) is 10.9. The van der Waals surface area contributed by atoms with Crippen molar-refractivity contribution in [2.75, 3.05) is 11.9 Å². The third-order valence-electron chi connectivity index (χ3n) is 3.74. The first kappa shape index (κ1) is 12.2. The van der Waals surface area contributed by atoms with E-state index in [2.05, 4.69) is 31.2 Å². The molecule has 0 amide bonds. The van der Waals surface area contributed by atoms with Gasteiger partial charge in [-0.25, -0.2) is 0 Å². The number of rotatable bonds is 2. The summed E-state index contributed by atoms with van der Waals surface area (Å²) in [6.45, 7) is 2.10. The van der Waals surface area contributed by atoms with Gasteiger partial charge in [-0.3, -0.25) is 5.41 Å². The fraction of sp³-hybridized carbons (Fsp3) is 0.533. The minimum Gasteiger partial charge on any atom is -0.333 e. The Hall–Kier alpha value is -1.31. The van der Waals surface area contributed by atoms with E-state index in [1.165, 1.54) is 37.7 Å². The Balaban J connectivity index is 2.08. The quantitative estimate of drug-likeness (QED) is 0.603. The average molecular weight is 230 g/mol. The van der Waals surface area contributed by atoms with E-state index < -0.39 is 0 Å². The van der Waals surface area contributed by atoms with E-state index in [1.807, 2.05) is 11.9 Å². The topological polar surface area (TPSA) is 27.1 Å². The maximum atomic E-state index is 8.32. The molecule has 1 aliphatic carbocycles. The van der Waals surface area contributed by atoms with Gasteiger partial charge >= 0.3 is 0 Å². The van der Waals surface area contributed by atoms with Crippen molar-refractivity contribution >= 4 is 11.5 Å². The van der Waals surface area contributed by atoms with Gasteiger partial charge in [-0.05, 0) is 37.5 Å². The monoisotopic (exact) mass is 230 g/mol. The van der Waals surface area contributed by atoms with Crippen molar-refractivity contribution in [1.82, 2.24) is 0 Å². The smallest absolute Gasteiger partial charge is 0.103 e. The standard InChI is InChI=1S/C15H22N2/c1-12-7-6-10-14(11-12)17(2)15(16)13-8-4-3-5-9-13/h6-7,10-11,13,16H,3-5,8-9H2,1-2H3. The first-order chi connectivity index (χ1) is 8.18. The average Bonchev–Trinajstić information content (AvgIpc) is 2.38. The summed E-state index contributed by atoms with van der Waals surface area (Å²) >= 11 is 0. The molecule has 2 heteroatoms. The predicted octanol–water partition coefficient (Wildman–Crippen LogP) is 3.99. The van der Waals surface area contributed by atoms with E-state index in [4.69, 9.17) is 5.41 Å². The van der Waals surface area contributed by atoms with Crippen LogP contribution in [0.4, 0.5) is 5.69 Å². The number of nitrogens with zero attached hydrogens (tertiary/aromatic N) is 1. The van der Waals surface area contributed by atoms with Gasteiger partial charge < -0.3 is 4.90 Å². The van der Waals surface area contributed by atoms with E-state index in [9.17, 15) is 0 Å². The number of nitrogens with one attached hydrogen (secondary N) is 1. The van der Waals surface area contributed by atoms with E-state index >= 15 is 0 Å². The van der Waals surface area contributed by atoms with Crippen LogP contribution in [0.1, 0.15) is 37.7 Å². The summed E-state index contributed by atoms with van der Waals surface area (Å²) in [6.07, 6.45) is 6.30. The van der Waals surface area contributed by atoms with E-state index in [0.29, 0.717) is 5.92 Å². The van der Waals surface area contributed by atoms with Gasteiger partial charge in [-0.2, -0.15) is 0 Å². The van der Waals surface area contributed by atoms with Gasteiger partial charge in [0.1, 0.15) is 5.84 Å². The van der Waals surface area contributed by atoms with Crippen LogP contribution in [0.3, 0.4) is 0 Å². The largest absolute Gasteiger partial charge is 0.333 e. The Morgan fingerprint density at radius 2 is 1.94 bits per heavy atom. The molecule has 2 nitrogen and oxygen atoms in total. The van der Waals surface area contributed by atoms with Crippen LogP contribution in [-0.4, -0.2) is 12.9 Å². The summed E-state index contributed by atoms with van der Waals surface area (Å²) in [5.41, 5.74) is 2.39. The highest BCUT2D eigenvalue weighted by atomic mass is 15.1. The highest BCUT2D eigenvalue weighted by Crippen LogP contribution is 2.27. The van der Waals surface area contributed by atoms with Crippen molar-refractivity contribution in [2.24, 2.45) is 5.92 Å². The molecule has 0 unspecified atom stereocenters. The molecule has 2 rings (SSSR count). The molecule has 1 saturated carbocycles. The molecule has 1 aromatic rings. The predicted molar refractivity (Wildman–Crippen MR) is 73.9 cm³/mol. The van der Waals surface area contributed by atoms with Crippen LogP contribution in [0.2, 0.25) is 0 Å². The summed E-state index contributed by atoms with van der Waals surface area (Å²) in [7, 11) is 2.02. The second kappa shape index (κ2) is 5.35. The number of hydrogen-bond acceptors (Lipinski definition) is 1. The second-order valence-corrected chi connectivity index (χ2v) is 5.12. The Bertz CT molecular complexity index is 392. The normalized spacial score (nSPS) is 16.8. The fourth-order valence-corrected chi connectivity index (χ4v) is 2.63. The van der Waals surface area contributed by atoms with E-state index in [-0.39, 0.29) is 0 Å². The molecule has 1 aromatic carbocycles. The third-order valence-corrected chi connectivity index (χ3v) is 3.74. The molecule has 17 heavy (non-hydrogen) atoms. The number of anilines is 1. The first-order valence-electron chi connectivity index (χ1n) is 6.57. The molecule has 1 fully saturated rings. The molecule has 0 saturated heterocycles. The maximum absolute atomic E-state index is 8.32. The number of hydrogen-bond donors (Lipinski definition) is 1. The molecule has 92 valence electrons.